The van der Waals surface area contributed by atoms with Crippen LogP contribution >= 0.6 is 23.4 Å². The Morgan fingerprint density at radius 1 is 0.953 bits per heavy atom. The highest BCUT2D eigenvalue weighted by molar-refractivity contribution is 7.99. The molecule has 1 aliphatic heterocycles. The number of aromatic nitrogens is 2. The van der Waals surface area contributed by atoms with E-state index in [1.807, 2.05) is 28.8 Å². The fourth-order valence-electron chi connectivity index (χ4n) is 4.64. The summed E-state index contributed by atoms with van der Waals surface area (Å²) in [6.45, 7) is 5.35. The summed E-state index contributed by atoms with van der Waals surface area (Å²) in [5.41, 5.74) is 0.643. The summed E-state index contributed by atoms with van der Waals surface area (Å²) in [5.74, 6) is -1.70. The number of imidazole rings is 1. The highest BCUT2D eigenvalue weighted by Gasteiger charge is 2.51. The van der Waals surface area contributed by atoms with Crippen molar-refractivity contribution in [3.63, 3.8) is 0 Å². The van der Waals surface area contributed by atoms with Crippen LogP contribution in [0.4, 0.5) is 0 Å². The molecule has 12 nitrogen and oxygen atoms in total. The Balaban J connectivity index is 1.68. The van der Waals surface area contributed by atoms with Crippen molar-refractivity contribution in [2.24, 2.45) is 0 Å². The summed E-state index contributed by atoms with van der Waals surface area (Å²) in [7, 11) is 0. The summed E-state index contributed by atoms with van der Waals surface area (Å²) in [6.07, 6.45) is -3.37. The lowest BCUT2D eigenvalue weighted by molar-refractivity contribution is -0.211. The van der Waals surface area contributed by atoms with Crippen molar-refractivity contribution >= 4 is 58.2 Å². The van der Waals surface area contributed by atoms with E-state index in [-0.39, 0.29) is 6.61 Å². The maximum absolute atomic E-state index is 12.3. The van der Waals surface area contributed by atoms with Gasteiger partial charge in [-0.2, -0.15) is 0 Å². The van der Waals surface area contributed by atoms with Gasteiger partial charge in [0.15, 0.2) is 17.4 Å². The van der Waals surface area contributed by atoms with Gasteiger partial charge >= 0.3 is 17.9 Å². The molecule has 230 valence electrons. The largest absolute Gasteiger partial charge is 0.492 e. The minimum atomic E-state index is -1.18. The second-order valence-corrected chi connectivity index (χ2v) is 11.2. The lowest BCUT2D eigenvalue weighted by Crippen LogP contribution is -2.65. The Labute approximate surface area is 257 Å². The zero-order valence-corrected chi connectivity index (χ0v) is 25.6. The van der Waals surface area contributed by atoms with E-state index in [9.17, 15) is 19.2 Å². The Morgan fingerprint density at radius 3 is 2.28 bits per heavy atom. The van der Waals surface area contributed by atoms with E-state index in [2.05, 4.69) is 5.32 Å². The van der Waals surface area contributed by atoms with Gasteiger partial charge in [0, 0.05) is 32.7 Å². The molecule has 5 atom stereocenters. The lowest BCUT2D eigenvalue weighted by atomic mass is 9.97. The number of para-hydroxylation sites is 2. The molecule has 1 saturated heterocycles. The third-order valence-electron chi connectivity index (χ3n) is 6.31. The third-order valence-corrected chi connectivity index (χ3v) is 7.72. The number of esters is 3. The average Bonchev–Trinajstić information content (AvgIpc) is 3.28. The number of rotatable bonds is 11. The predicted molar refractivity (Wildman–Crippen MR) is 157 cm³/mol. The third kappa shape index (κ3) is 8.62. The van der Waals surface area contributed by atoms with Crippen LogP contribution in [0.3, 0.4) is 0 Å². The summed E-state index contributed by atoms with van der Waals surface area (Å²) in [5, 5.41) is 3.91. The van der Waals surface area contributed by atoms with Crippen molar-refractivity contribution in [3.8, 4) is 5.75 Å². The van der Waals surface area contributed by atoms with Crippen LogP contribution in [-0.4, -0.2) is 76.4 Å². The number of carbonyl (C=O) groups is 4. The molecule has 3 aromatic rings. The first-order chi connectivity index (χ1) is 20.5. The molecular weight excluding hydrogens is 602 g/mol. The molecule has 2 heterocycles. The number of nitrogens with one attached hydrogen (secondary N) is 1. The molecule has 1 aromatic heterocycles. The SMILES string of the molecule is CC(=O)N[C@H]1[C@@H](OC(C)=O)[C@H](OC(C)=O)[C@@H](COC(C)=O)O[C@H]1Sc1nc2ccccc2n1CCOc1ccc(Cl)cc1. The molecule has 1 amide bonds. The van der Waals surface area contributed by atoms with E-state index < -0.39 is 53.6 Å². The first-order valence-electron chi connectivity index (χ1n) is 13.4. The van der Waals surface area contributed by atoms with Gasteiger partial charge in [-0.1, -0.05) is 35.5 Å². The smallest absolute Gasteiger partial charge is 0.303 e. The quantitative estimate of drug-likeness (QED) is 0.245. The van der Waals surface area contributed by atoms with Gasteiger partial charge in [-0.25, -0.2) is 4.98 Å². The lowest BCUT2D eigenvalue weighted by Gasteiger charge is -2.44. The van der Waals surface area contributed by atoms with Crippen LogP contribution < -0.4 is 10.1 Å². The number of carbonyl (C=O) groups excluding carboxylic acids is 4. The van der Waals surface area contributed by atoms with Crippen LogP contribution in [0.2, 0.25) is 5.02 Å². The molecule has 0 bridgehead atoms. The number of thioether (sulfide) groups is 1. The van der Waals surface area contributed by atoms with Crippen molar-refractivity contribution in [1.29, 1.82) is 0 Å². The molecule has 1 fully saturated rings. The standard InChI is InChI=1S/C29H32ClN3O9S/c1-16(34)31-25-27(41-19(4)37)26(40-18(3)36)24(15-39-17(2)35)42-28(25)43-29-32-22-7-5-6-8-23(22)33(29)13-14-38-21-11-9-20(30)10-12-21/h5-12,24-28H,13-15H2,1-4H3,(H,31,34)/t24-,25+,26-,27-,28+/m1/s1. The van der Waals surface area contributed by atoms with E-state index in [0.29, 0.717) is 34.6 Å². The number of nitrogens with zero attached hydrogens (tertiary/aromatic N) is 2. The molecule has 0 aliphatic carbocycles. The maximum atomic E-state index is 12.3. The van der Waals surface area contributed by atoms with Crippen molar-refractivity contribution in [3.05, 3.63) is 53.6 Å². The molecule has 2 aromatic carbocycles. The number of amides is 1. The first kappa shape index (κ1) is 32.1. The topological polar surface area (TPSA) is 144 Å². The van der Waals surface area contributed by atoms with Crippen molar-refractivity contribution < 1.29 is 42.9 Å². The molecule has 14 heteroatoms. The summed E-state index contributed by atoms with van der Waals surface area (Å²) in [6, 6.07) is 13.6. The zero-order valence-electron chi connectivity index (χ0n) is 24.0. The Bertz CT molecular complexity index is 1470. The van der Waals surface area contributed by atoms with Gasteiger partial charge < -0.3 is 33.6 Å². The number of hydrogen-bond donors (Lipinski definition) is 1. The Morgan fingerprint density at radius 2 is 1.63 bits per heavy atom. The number of benzene rings is 2. The van der Waals surface area contributed by atoms with Crippen LogP contribution in [0.5, 0.6) is 5.75 Å². The molecule has 1 N–H and O–H groups in total. The second-order valence-electron chi connectivity index (χ2n) is 9.67. The molecule has 0 radical (unpaired) electrons. The van der Waals surface area contributed by atoms with Gasteiger partial charge in [0.05, 0.1) is 17.6 Å². The van der Waals surface area contributed by atoms with Crippen LogP contribution in [-0.2, 0) is 44.7 Å². The minimum absolute atomic E-state index is 0.291. The van der Waals surface area contributed by atoms with E-state index in [0.717, 1.165) is 5.52 Å². The summed E-state index contributed by atoms with van der Waals surface area (Å²) >= 11 is 7.16. The van der Waals surface area contributed by atoms with Crippen LogP contribution in [0, 0.1) is 0 Å². The fraction of sp³-hybridized carbons (Fsp3) is 0.414. The summed E-state index contributed by atoms with van der Waals surface area (Å²) in [4.78, 5) is 53.0. The first-order valence-corrected chi connectivity index (χ1v) is 14.7. The number of halogens is 1. The van der Waals surface area contributed by atoms with E-state index in [1.54, 1.807) is 24.3 Å². The van der Waals surface area contributed by atoms with Crippen LogP contribution in [0.15, 0.2) is 53.7 Å². The Kier molecular flexibility index (Phi) is 10.9. The van der Waals surface area contributed by atoms with Gasteiger partial charge in [-0.3, -0.25) is 19.2 Å². The molecule has 43 heavy (non-hydrogen) atoms. The van der Waals surface area contributed by atoms with Crippen molar-refractivity contribution in [2.75, 3.05) is 13.2 Å². The monoisotopic (exact) mass is 633 g/mol. The number of hydrogen-bond acceptors (Lipinski definition) is 11. The summed E-state index contributed by atoms with van der Waals surface area (Å²) < 4.78 is 30.5. The second kappa shape index (κ2) is 14.6. The van der Waals surface area contributed by atoms with E-state index in [4.69, 9.17) is 40.3 Å². The van der Waals surface area contributed by atoms with Gasteiger partial charge in [-0.15, -0.1) is 0 Å². The van der Waals surface area contributed by atoms with Crippen molar-refractivity contribution in [1.82, 2.24) is 14.9 Å². The highest BCUT2D eigenvalue weighted by Crippen LogP contribution is 2.37. The Hall–Kier alpha value is -3.81. The zero-order chi connectivity index (χ0) is 31.1. The molecule has 1 aliphatic rings. The molecule has 4 rings (SSSR count). The van der Waals surface area contributed by atoms with Gasteiger partial charge in [0.1, 0.15) is 36.5 Å². The van der Waals surface area contributed by atoms with E-state index >= 15 is 0 Å². The number of fused-ring (bicyclic) bond motifs is 1. The molecule has 0 unspecified atom stereocenters. The van der Waals surface area contributed by atoms with Gasteiger partial charge in [0.25, 0.3) is 0 Å². The van der Waals surface area contributed by atoms with Crippen LogP contribution in [0.1, 0.15) is 27.7 Å². The van der Waals surface area contributed by atoms with Gasteiger partial charge in [-0.05, 0) is 36.4 Å². The van der Waals surface area contributed by atoms with Gasteiger partial charge in [0.2, 0.25) is 5.91 Å². The normalized spacial score (nSPS) is 21.6. The van der Waals surface area contributed by atoms with Crippen LogP contribution in [0.25, 0.3) is 11.0 Å². The average molecular weight is 634 g/mol. The van der Waals surface area contributed by atoms with Crippen molar-refractivity contribution in [2.45, 2.75) is 69.2 Å². The fourth-order valence-corrected chi connectivity index (χ4v) is 6.01. The van der Waals surface area contributed by atoms with E-state index in [1.165, 1.54) is 39.5 Å². The number of ether oxygens (including phenoxy) is 5. The minimum Gasteiger partial charge on any atom is -0.492 e. The highest BCUT2D eigenvalue weighted by atomic mass is 35.5. The molecular formula is C29H32ClN3O9S. The molecule has 0 spiro atoms. The maximum Gasteiger partial charge on any atom is 0.303 e. The molecule has 0 saturated carbocycles. The predicted octanol–water partition coefficient (Wildman–Crippen LogP) is 3.52.